The van der Waals surface area contributed by atoms with E-state index in [1.807, 2.05) is 24.3 Å². The van der Waals surface area contributed by atoms with Gasteiger partial charge in [0.1, 0.15) is 11.5 Å². The number of furan rings is 1. The van der Waals surface area contributed by atoms with Gasteiger partial charge in [-0.1, -0.05) is 23.7 Å². The van der Waals surface area contributed by atoms with E-state index in [-0.39, 0.29) is 5.91 Å². The van der Waals surface area contributed by atoms with Gasteiger partial charge in [-0.25, -0.2) is 5.43 Å². The quantitative estimate of drug-likeness (QED) is 0.513. The molecule has 0 atom stereocenters. The van der Waals surface area contributed by atoms with Crippen molar-refractivity contribution in [3.05, 3.63) is 75.7 Å². The minimum absolute atomic E-state index is 0.360. The van der Waals surface area contributed by atoms with Gasteiger partial charge in [0.15, 0.2) is 0 Å². The van der Waals surface area contributed by atoms with Gasteiger partial charge in [-0.2, -0.15) is 5.10 Å². The zero-order valence-corrected chi connectivity index (χ0v) is 14.6. The molecule has 2 aromatic heterocycles. The van der Waals surface area contributed by atoms with Crippen LogP contribution in [0.25, 0.3) is 11.3 Å². The zero-order chi connectivity index (χ0) is 16.9. The molecule has 0 aliphatic heterocycles. The highest BCUT2D eigenvalue weighted by Crippen LogP contribution is 2.24. The molecule has 3 rings (SSSR count). The molecule has 0 radical (unpaired) electrons. The van der Waals surface area contributed by atoms with E-state index in [2.05, 4.69) is 31.4 Å². The van der Waals surface area contributed by atoms with Crippen LogP contribution in [0.2, 0.25) is 5.02 Å². The minimum Gasteiger partial charge on any atom is -0.455 e. The Morgan fingerprint density at radius 1 is 1.25 bits per heavy atom. The molecule has 0 spiro atoms. The molecule has 1 amide bonds. The molecule has 7 heteroatoms. The van der Waals surface area contributed by atoms with E-state index >= 15 is 0 Å². The predicted molar refractivity (Wildman–Crippen MR) is 96.2 cm³/mol. The molecular weight excluding hydrogens is 394 g/mol. The maximum absolute atomic E-state index is 11.9. The molecule has 2 heterocycles. The molecule has 0 fully saturated rings. The Balaban J connectivity index is 1.66. The third-order valence-electron chi connectivity index (χ3n) is 3.06. The molecule has 120 valence electrons. The Kier molecular flexibility index (Phi) is 5.08. The summed E-state index contributed by atoms with van der Waals surface area (Å²) in [5, 5.41) is 4.52. The monoisotopic (exact) mass is 403 g/mol. The maximum Gasteiger partial charge on any atom is 0.272 e. The smallest absolute Gasteiger partial charge is 0.272 e. The van der Waals surface area contributed by atoms with Crippen molar-refractivity contribution in [3.63, 3.8) is 0 Å². The largest absolute Gasteiger partial charge is 0.455 e. The van der Waals surface area contributed by atoms with Gasteiger partial charge in [-0.05, 0) is 46.3 Å². The number of rotatable bonds is 4. The lowest BCUT2D eigenvalue weighted by Crippen LogP contribution is -2.17. The summed E-state index contributed by atoms with van der Waals surface area (Å²) in [6, 6.07) is 12.6. The first-order valence-electron chi connectivity index (χ1n) is 6.91. The Morgan fingerprint density at radius 2 is 2.12 bits per heavy atom. The fraction of sp³-hybridized carbons (Fsp3) is 0. The van der Waals surface area contributed by atoms with Crippen LogP contribution in [0.1, 0.15) is 16.1 Å². The Morgan fingerprint density at radius 3 is 2.92 bits per heavy atom. The van der Waals surface area contributed by atoms with Crippen molar-refractivity contribution in [2.75, 3.05) is 0 Å². The van der Waals surface area contributed by atoms with E-state index in [9.17, 15) is 4.79 Å². The van der Waals surface area contributed by atoms with Crippen LogP contribution in [0.4, 0.5) is 0 Å². The van der Waals surface area contributed by atoms with Crippen LogP contribution < -0.4 is 5.43 Å². The Bertz CT molecular complexity index is 908. The summed E-state index contributed by atoms with van der Waals surface area (Å²) in [5.41, 5.74) is 3.69. The highest BCUT2D eigenvalue weighted by atomic mass is 79.9. The minimum atomic E-state index is -0.360. The van der Waals surface area contributed by atoms with Crippen LogP contribution in [0, 0.1) is 0 Å². The number of halogens is 2. The third-order valence-corrected chi connectivity index (χ3v) is 3.73. The highest BCUT2D eigenvalue weighted by molar-refractivity contribution is 9.10. The van der Waals surface area contributed by atoms with Gasteiger partial charge >= 0.3 is 0 Å². The van der Waals surface area contributed by atoms with Crippen LogP contribution >= 0.6 is 27.5 Å². The lowest BCUT2D eigenvalue weighted by molar-refractivity contribution is 0.0954. The molecule has 0 saturated carbocycles. The Labute approximate surface area is 151 Å². The van der Waals surface area contributed by atoms with Crippen LogP contribution in [0.5, 0.6) is 0 Å². The van der Waals surface area contributed by atoms with Crippen molar-refractivity contribution in [1.82, 2.24) is 10.4 Å². The van der Waals surface area contributed by atoms with Crippen molar-refractivity contribution in [2.24, 2.45) is 5.10 Å². The second-order valence-corrected chi connectivity index (χ2v) is 6.16. The van der Waals surface area contributed by atoms with Crippen molar-refractivity contribution in [1.29, 1.82) is 0 Å². The van der Waals surface area contributed by atoms with E-state index < -0.39 is 0 Å². The number of hydrazone groups is 1. The van der Waals surface area contributed by atoms with E-state index in [0.717, 1.165) is 10.0 Å². The molecule has 5 nitrogen and oxygen atoms in total. The lowest BCUT2D eigenvalue weighted by atomic mass is 10.2. The Hall–Kier alpha value is -2.44. The standard InChI is InChI=1S/C17H11BrClN3O2/c18-13-6-12(8-20-9-13)17(23)22-21-10-15-4-5-16(24-15)11-2-1-3-14(19)7-11/h1-10H,(H,22,23)/b21-10-. The summed E-state index contributed by atoms with van der Waals surface area (Å²) < 4.78 is 6.37. The zero-order valence-electron chi connectivity index (χ0n) is 12.2. The number of nitrogens with one attached hydrogen (secondary N) is 1. The summed E-state index contributed by atoms with van der Waals surface area (Å²) in [6.45, 7) is 0. The van der Waals surface area contributed by atoms with Gasteiger partial charge < -0.3 is 4.42 Å². The lowest BCUT2D eigenvalue weighted by Gasteiger charge is -1.99. The first-order chi connectivity index (χ1) is 11.6. The summed E-state index contributed by atoms with van der Waals surface area (Å²) in [7, 11) is 0. The van der Waals surface area contributed by atoms with Crippen molar-refractivity contribution < 1.29 is 9.21 Å². The average Bonchev–Trinajstić information content (AvgIpc) is 3.04. The molecule has 0 saturated heterocycles. The predicted octanol–water partition coefficient (Wildman–Crippen LogP) is 4.52. The first kappa shape index (κ1) is 16.4. The number of hydrogen-bond acceptors (Lipinski definition) is 4. The van der Waals surface area contributed by atoms with E-state index in [1.54, 1.807) is 24.4 Å². The van der Waals surface area contributed by atoms with Gasteiger partial charge in [-0.3, -0.25) is 9.78 Å². The SMILES string of the molecule is O=C(N/N=C\c1ccc(-c2cccc(Cl)c2)o1)c1cncc(Br)c1. The number of benzene rings is 1. The number of nitrogens with zero attached hydrogens (tertiary/aromatic N) is 2. The van der Waals surface area contributed by atoms with Gasteiger partial charge in [0.25, 0.3) is 5.91 Å². The molecule has 3 aromatic rings. The van der Waals surface area contributed by atoms with E-state index in [1.165, 1.54) is 12.4 Å². The summed E-state index contributed by atoms with van der Waals surface area (Å²) in [4.78, 5) is 15.8. The number of pyridine rings is 1. The summed E-state index contributed by atoms with van der Waals surface area (Å²) in [6.07, 6.45) is 4.48. The van der Waals surface area contributed by atoms with E-state index in [4.69, 9.17) is 16.0 Å². The molecule has 0 aliphatic rings. The number of carbonyl (C=O) groups is 1. The fourth-order valence-electron chi connectivity index (χ4n) is 1.97. The first-order valence-corrected chi connectivity index (χ1v) is 8.08. The number of aromatic nitrogens is 1. The molecule has 1 aromatic carbocycles. The number of hydrogen-bond donors (Lipinski definition) is 1. The van der Waals surface area contributed by atoms with Crippen molar-refractivity contribution in [2.45, 2.75) is 0 Å². The average molecular weight is 405 g/mol. The van der Waals surface area contributed by atoms with Crippen molar-refractivity contribution >= 4 is 39.7 Å². The molecule has 0 aliphatic carbocycles. The van der Waals surface area contributed by atoms with Gasteiger partial charge in [0.05, 0.1) is 11.8 Å². The molecule has 1 N–H and O–H groups in total. The normalized spacial score (nSPS) is 10.9. The van der Waals surface area contributed by atoms with Crippen LogP contribution in [0.15, 0.2) is 68.8 Å². The third kappa shape index (κ3) is 4.10. The van der Waals surface area contributed by atoms with Gasteiger partial charge in [0, 0.05) is 27.5 Å². The summed E-state index contributed by atoms with van der Waals surface area (Å²) >= 11 is 9.23. The highest BCUT2D eigenvalue weighted by Gasteiger charge is 2.06. The van der Waals surface area contributed by atoms with Gasteiger partial charge in [-0.15, -0.1) is 0 Å². The second-order valence-electron chi connectivity index (χ2n) is 4.80. The molecule has 24 heavy (non-hydrogen) atoms. The fourth-order valence-corrected chi connectivity index (χ4v) is 2.53. The maximum atomic E-state index is 11.9. The van der Waals surface area contributed by atoms with Crippen molar-refractivity contribution in [3.8, 4) is 11.3 Å². The van der Waals surface area contributed by atoms with Crippen LogP contribution in [-0.2, 0) is 0 Å². The van der Waals surface area contributed by atoms with Crippen LogP contribution in [0.3, 0.4) is 0 Å². The molecule has 0 bridgehead atoms. The molecular formula is C17H11BrClN3O2. The molecule has 0 unspecified atom stereocenters. The summed E-state index contributed by atoms with van der Waals surface area (Å²) in [5.74, 6) is 0.820. The van der Waals surface area contributed by atoms with Crippen LogP contribution in [-0.4, -0.2) is 17.1 Å². The van der Waals surface area contributed by atoms with E-state index in [0.29, 0.717) is 22.1 Å². The second kappa shape index (κ2) is 7.42. The van der Waals surface area contributed by atoms with Gasteiger partial charge in [0.2, 0.25) is 0 Å². The number of amides is 1. The topological polar surface area (TPSA) is 67.5 Å². The number of carbonyl (C=O) groups excluding carboxylic acids is 1.